The van der Waals surface area contributed by atoms with Gasteiger partial charge in [-0.2, -0.15) is 15.2 Å². The largest absolute Gasteiger partial charge is 0.461 e. The van der Waals surface area contributed by atoms with E-state index >= 15 is 0 Å². The topological polar surface area (TPSA) is 100 Å². The predicted octanol–water partition coefficient (Wildman–Crippen LogP) is 1.15. The van der Waals surface area contributed by atoms with Crippen molar-refractivity contribution in [1.29, 1.82) is 0 Å². The Hall–Kier alpha value is -3.03. The van der Waals surface area contributed by atoms with Crippen LogP contribution >= 0.6 is 0 Å². The number of nitrogens with one attached hydrogen (secondary N) is 1. The zero-order valence-corrected chi connectivity index (χ0v) is 13.8. The smallest absolute Gasteiger partial charge is 0.354 e. The van der Waals surface area contributed by atoms with Gasteiger partial charge in [-0.1, -0.05) is 30.3 Å². The first-order valence-corrected chi connectivity index (χ1v) is 8.09. The molecule has 3 rings (SSSR count). The molecule has 8 heteroatoms. The minimum Gasteiger partial charge on any atom is -0.461 e. The fourth-order valence-electron chi connectivity index (χ4n) is 2.76. The van der Waals surface area contributed by atoms with Crippen molar-refractivity contribution < 1.29 is 19.1 Å². The maximum absolute atomic E-state index is 12.4. The van der Waals surface area contributed by atoms with Crippen LogP contribution in [0, 0.1) is 0 Å². The van der Waals surface area contributed by atoms with Gasteiger partial charge in [0.2, 0.25) is 11.8 Å². The molecule has 25 heavy (non-hydrogen) atoms. The maximum Gasteiger partial charge on any atom is 0.354 e. The van der Waals surface area contributed by atoms with Crippen LogP contribution in [0.1, 0.15) is 37.7 Å². The van der Waals surface area contributed by atoms with Crippen molar-refractivity contribution in [1.82, 2.24) is 10.4 Å². The summed E-state index contributed by atoms with van der Waals surface area (Å²) < 4.78 is 4.96. The standard InChI is InChI=1S/C17H18N4O4/c1-2-25-17(24)13-8-9-15(23)21(20-13)16-12(10-14(22)18-19-16)11-6-4-3-5-7-11/h3-7,12H,2,8-10H2,1H3,(H,18,22). The number of amides is 2. The zero-order chi connectivity index (χ0) is 17.8. The number of hydrazone groups is 2. The molecule has 2 amide bonds. The molecule has 2 aliphatic heterocycles. The summed E-state index contributed by atoms with van der Waals surface area (Å²) in [5.41, 5.74) is 3.41. The Kier molecular flexibility index (Phi) is 4.87. The van der Waals surface area contributed by atoms with Crippen molar-refractivity contribution in [2.45, 2.75) is 32.1 Å². The van der Waals surface area contributed by atoms with Crippen LogP contribution in [-0.2, 0) is 19.1 Å². The number of benzene rings is 1. The van der Waals surface area contributed by atoms with E-state index in [2.05, 4.69) is 15.6 Å². The fourth-order valence-corrected chi connectivity index (χ4v) is 2.76. The normalized spacial score (nSPS) is 20.5. The van der Waals surface area contributed by atoms with Crippen LogP contribution < -0.4 is 5.43 Å². The van der Waals surface area contributed by atoms with Gasteiger partial charge in [0.15, 0.2) is 5.84 Å². The molecular weight excluding hydrogens is 324 g/mol. The fraction of sp³-hybridized carbons (Fsp3) is 0.353. The molecular formula is C17H18N4O4. The second kappa shape index (κ2) is 7.25. The average molecular weight is 342 g/mol. The molecule has 1 N–H and O–H groups in total. The highest BCUT2D eigenvalue weighted by Crippen LogP contribution is 2.27. The summed E-state index contributed by atoms with van der Waals surface area (Å²) in [5.74, 6) is -1.17. The highest BCUT2D eigenvalue weighted by molar-refractivity contribution is 6.37. The Morgan fingerprint density at radius 2 is 2.04 bits per heavy atom. The van der Waals surface area contributed by atoms with E-state index < -0.39 is 11.9 Å². The third-order valence-corrected chi connectivity index (χ3v) is 3.96. The molecule has 0 fully saturated rings. The molecule has 0 saturated carbocycles. The van der Waals surface area contributed by atoms with Gasteiger partial charge >= 0.3 is 5.97 Å². The molecule has 130 valence electrons. The van der Waals surface area contributed by atoms with Crippen molar-refractivity contribution >= 4 is 29.3 Å². The number of nitrogens with zero attached hydrogens (tertiary/aromatic N) is 3. The molecule has 1 unspecified atom stereocenters. The molecule has 0 aromatic heterocycles. The maximum atomic E-state index is 12.4. The number of hydrogen-bond donors (Lipinski definition) is 1. The number of rotatable bonds is 3. The third-order valence-electron chi connectivity index (χ3n) is 3.96. The lowest BCUT2D eigenvalue weighted by molar-refractivity contribution is -0.135. The Morgan fingerprint density at radius 3 is 2.76 bits per heavy atom. The van der Waals surface area contributed by atoms with Crippen molar-refractivity contribution in [3.05, 3.63) is 35.9 Å². The second-order valence-corrected chi connectivity index (χ2v) is 5.65. The van der Waals surface area contributed by atoms with Gasteiger partial charge in [-0.05, 0) is 12.5 Å². The third kappa shape index (κ3) is 3.57. The van der Waals surface area contributed by atoms with E-state index in [1.807, 2.05) is 30.3 Å². The van der Waals surface area contributed by atoms with Gasteiger partial charge in [0.05, 0.1) is 12.5 Å². The predicted molar refractivity (Wildman–Crippen MR) is 89.5 cm³/mol. The molecule has 1 atom stereocenters. The molecule has 0 spiro atoms. The van der Waals surface area contributed by atoms with Crippen molar-refractivity contribution in [2.24, 2.45) is 10.2 Å². The van der Waals surface area contributed by atoms with Crippen LogP contribution in [0.4, 0.5) is 0 Å². The van der Waals surface area contributed by atoms with Gasteiger partial charge < -0.3 is 4.74 Å². The summed E-state index contributed by atoms with van der Waals surface area (Å²) in [7, 11) is 0. The van der Waals surface area contributed by atoms with E-state index in [1.54, 1.807) is 6.92 Å². The summed E-state index contributed by atoms with van der Waals surface area (Å²) in [5, 5.41) is 9.31. The lowest BCUT2D eigenvalue weighted by Gasteiger charge is -2.30. The summed E-state index contributed by atoms with van der Waals surface area (Å²) in [4.78, 5) is 36.1. The van der Waals surface area contributed by atoms with Crippen LogP contribution in [-0.4, -0.2) is 40.9 Å². The first-order valence-electron chi connectivity index (χ1n) is 8.09. The number of ether oxygens (including phenoxy) is 1. The molecule has 1 aromatic rings. The quantitative estimate of drug-likeness (QED) is 0.833. The molecule has 2 heterocycles. The number of esters is 1. The minimum atomic E-state index is -0.545. The number of carbonyl (C=O) groups excluding carboxylic acids is 3. The van der Waals surface area contributed by atoms with E-state index in [0.717, 1.165) is 10.6 Å². The highest BCUT2D eigenvalue weighted by atomic mass is 16.5. The zero-order valence-electron chi connectivity index (χ0n) is 13.8. The minimum absolute atomic E-state index is 0.131. The van der Waals surface area contributed by atoms with Crippen LogP contribution in [0.15, 0.2) is 40.5 Å². The lowest BCUT2D eigenvalue weighted by Crippen LogP contribution is -2.45. The van der Waals surface area contributed by atoms with Gasteiger partial charge in [-0.15, -0.1) is 0 Å². The molecule has 8 nitrogen and oxygen atoms in total. The molecule has 0 saturated heterocycles. The average Bonchev–Trinajstić information content (AvgIpc) is 2.63. The van der Waals surface area contributed by atoms with Gasteiger partial charge in [0.1, 0.15) is 5.71 Å². The van der Waals surface area contributed by atoms with Crippen LogP contribution in [0.2, 0.25) is 0 Å². The van der Waals surface area contributed by atoms with Gasteiger partial charge in [-0.3, -0.25) is 9.59 Å². The Bertz CT molecular complexity index is 757. The van der Waals surface area contributed by atoms with Crippen LogP contribution in [0.25, 0.3) is 0 Å². The number of amidine groups is 1. The van der Waals surface area contributed by atoms with Crippen LogP contribution in [0.5, 0.6) is 0 Å². The Balaban J connectivity index is 1.96. The molecule has 0 aliphatic carbocycles. The second-order valence-electron chi connectivity index (χ2n) is 5.65. The van der Waals surface area contributed by atoms with E-state index in [9.17, 15) is 14.4 Å². The number of carbonyl (C=O) groups is 3. The molecule has 0 radical (unpaired) electrons. The van der Waals surface area contributed by atoms with Gasteiger partial charge in [0.25, 0.3) is 0 Å². The summed E-state index contributed by atoms with van der Waals surface area (Å²) in [6.07, 6.45) is 0.507. The van der Waals surface area contributed by atoms with Crippen molar-refractivity contribution in [3.8, 4) is 0 Å². The lowest BCUT2D eigenvalue weighted by atomic mass is 9.92. The van der Waals surface area contributed by atoms with Crippen molar-refractivity contribution in [3.63, 3.8) is 0 Å². The first kappa shape index (κ1) is 16.8. The summed E-state index contributed by atoms with van der Waals surface area (Å²) >= 11 is 0. The number of hydrogen-bond acceptors (Lipinski definition) is 6. The first-order chi connectivity index (χ1) is 12.1. The van der Waals surface area contributed by atoms with E-state index in [0.29, 0.717) is 5.84 Å². The SMILES string of the molecule is CCOC(=O)C1=NN(C2=NNC(=O)CC2c2ccccc2)C(=O)CC1. The molecule has 1 aromatic carbocycles. The van der Waals surface area contributed by atoms with Crippen LogP contribution in [0.3, 0.4) is 0 Å². The Morgan fingerprint density at radius 1 is 1.28 bits per heavy atom. The van der Waals surface area contributed by atoms with E-state index in [1.165, 1.54) is 0 Å². The summed E-state index contributed by atoms with van der Waals surface area (Å²) in [6.45, 7) is 1.94. The molecule has 2 aliphatic rings. The van der Waals surface area contributed by atoms with Crippen molar-refractivity contribution in [2.75, 3.05) is 6.61 Å². The molecule has 0 bridgehead atoms. The summed E-state index contributed by atoms with van der Waals surface area (Å²) in [6, 6.07) is 9.30. The van der Waals surface area contributed by atoms with Gasteiger partial charge in [-0.25, -0.2) is 10.2 Å². The monoisotopic (exact) mass is 342 g/mol. The van der Waals surface area contributed by atoms with Gasteiger partial charge in [0, 0.05) is 19.3 Å². The Labute approximate surface area is 144 Å². The highest BCUT2D eigenvalue weighted by Gasteiger charge is 2.36. The van der Waals surface area contributed by atoms with E-state index in [4.69, 9.17) is 4.74 Å². The van der Waals surface area contributed by atoms with E-state index in [-0.39, 0.29) is 43.4 Å².